The Kier molecular flexibility index (Phi) is 6.44. The molecule has 3 aliphatic rings. The van der Waals surface area contributed by atoms with Crippen molar-refractivity contribution in [1.29, 1.82) is 0 Å². The van der Waals surface area contributed by atoms with Gasteiger partial charge in [-0.25, -0.2) is 9.59 Å². The van der Waals surface area contributed by atoms with Crippen LogP contribution in [-0.2, 0) is 19.1 Å². The Balaban J connectivity index is 1.17. The van der Waals surface area contributed by atoms with Crippen LogP contribution in [0.4, 0.5) is 4.79 Å². The second-order valence-electron chi connectivity index (χ2n) is 9.28. The smallest absolute Gasteiger partial charge is 0.407 e. The molecule has 0 spiro atoms. The number of nitrogens with zero attached hydrogens (tertiary/aromatic N) is 1. The lowest BCUT2D eigenvalue weighted by Gasteiger charge is -2.27. The molecule has 2 aromatic rings. The zero-order chi connectivity index (χ0) is 24.5. The Bertz CT molecular complexity index is 1090. The number of ether oxygens (including phenoxy) is 2. The first-order valence-corrected chi connectivity index (χ1v) is 11.9. The summed E-state index contributed by atoms with van der Waals surface area (Å²) in [5.41, 5.74) is 4.54. The van der Waals surface area contributed by atoms with E-state index >= 15 is 0 Å². The van der Waals surface area contributed by atoms with Crippen molar-refractivity contribution in [1.82, 2.24) is 10.2 Å². The van der Waals surface area contributed by atoms with Crippen molar-refractivity contribution in [3.05, 3.63) is 59.7 Å². The molecule has 4 atom stereocenters. The third-order valence-corrected chi connectivity index (χ3v) is 7.16. The average molecular weight is 481 g/mol. The maximum atomic E-state index is 13.0. The lowest BCUT2D eigenvalue weighted by Crippen LogP contribution is -2.48. The zero-order valence-corrected chi connectivity index (χ0v) is 19.1. The minimum atomic E-state index is -1.15. The third kappa shape index (κ3) is 4.49. The molecule has 9 nitrogen and oxygen atoms in total. The van der Waals surface area contributed by atoms with Crippen LogP contribution in [0.2, 0.25) is 0 Å². The molecule has 2 fully saturated rings. The summed E-state index contributed by atoms with van der Waals surface area (Å²) in [7, 11) is 0. The molecule has 2 saturated heterocycles. The minimum Gasteiger partial charge on any atom is -0.480 e. The third-order valence-electron chi connectivity index (χ3n) is 7.16. The highest BCUT2D eigenvalue weighted by molar-refractivity contribution is 5.87. The van der Waals surface area contributed by atoms with E-state index in [2.05, 4.69) is 17.4 Å². The van der Waals surface area contributed by atoms with E-state index in [0.29, 0.717) is 13.0 Å². The number of likely N-dealkylation sites (tertiary alicyclic amines) is 1. The van der Waals surface area contributed by atoms with Gasteiger partial charge >= 0.3 is 12.1 Å². The van der Waals surface area contributed by atoms with Gasteiger partial charge in [-0.2, -0.15) is 0 Å². The number of carbonyl (C=O) groups excluding carboxylic acids is 2. The number of aliphatic hydroxyl groups excluding tert-OH is 1. The second kappa shape index (κ2) is 9.67. The van der Waals surface area contributed by atoms with E-state index in [1.165, 1.54) is 4.90 Å². The van der Waals surface area contributed by atoms with Gasteiger partial charge in [-0.3, -0.25) is 4.79 Å². The number of carboxylic acids is 1. The average Bonchev–Trinajstić information content (AvgIpc) is 3.57. The molecule has 3 N–H and O–H groups in total. The van der Waals surface area contributed by atoms with E-state index in [1.807, 2.05) is 36.4 Å². The topological polar surface area (TPSA) is 125 Å². The summed E-state index contributed by atoms with van der Waals surface area (Å²) in [4.78, 5) is 38.2. The van der Waals surface area contributed by atoms with Crippen molar-refractivity contribution in [3.8, 4) is 11.1 Å². The molecule has 5 rings (SSSR count). The number of β-amino-alcohol motifs (C(OH)–C–C–N with tert-alkyl or cyclic N) is 1. The normalized spacial score (nSPS) is 25.2. The number of carbonyl (C=O) groups is 3. The van der Waals surface area contributed by atoms with Crippen LogP contribution >= 0.6 is 0 Å². The van der Waals surface area contributed by atoms with Crippen LogP contribution in [0, 0.1) is 5.92 Å². The van der Waals surface area contributed by atoms with E-state index in [9.17, 15) is 24.6 Å². The molecule has 2 aromatic carbocycles. The van der Waals surface area contributed by atoms with Gasteiger partial charge in [0.25, 0.3) is 5.91 Å². The molecular weight excluding hydrogens is 452 g/mol. The van der Waals surface area contributed by atoms with Gasteiger partial charge < -0.3 is 29.9 Å². The summed E-state index contributed by atoms with van der Waals surface area (Å²) in [6, 6.07) is 15.1. The molecule has 0 saturated carbocycles. The number of benzene rings is 2. The number of fused-ring (bicyclic) bond motifs is 3. The number of hydrogen-bond acceptors (Lipinski definition) is 6. The van der Waals surface area contributed by atoms with Gasteiger partial charge in [0.15, 0.2) is 0 Å². The Morgan fingerprint density at radius 2 is 1.71 bits per heavy atom. The fraction of sp³-hybridized carbons (Fsp3) is 0.423. The van der Waals surface area contributed by atoms with Gasteiger partial charge in [0.1, 0.15) is 18.8 Å². The highest BCUT2D eigenvalue weighted by Crippen LogP contribution is 2.44. The summed E-state index contributed by atoms with van der Waals surface area (Å²) in [5.74, 6) is -1.98. The van der Waals surface area contributed by atoms with Gasteiger partial charge in [-0.05, 0) is 28.7 Å². The van der Waals surface area contributed by atoms with Crippen LogP contribution in [0.1, 0.15) is 29.9 Å². The molecule has 0 aromatic heterocycles. The SMILES string of the molecule is O=C(NC[C@H]1CCO[C@H]1C(=O)N1C[C@@H](O)C[C@H]1C(=O)O)OCC1c2ccccc2-c2ccccc21. The molecule has 0 radical (unpaired) electrons. The van der Waals surface area contributed by atoms with Gasteiger partial charge in [0.05, 0.1) is 6.10 Å². The Morgan fingerprint density at radius 3 is 2.37 bits per heavy atom. The maximum absolute atomic E-state index is 13.0. The Labute approximate surface area is 202 Å². The number of amides is 2. The highest BCUT2D eigenvalue weighted by atomic mass is 16.5. The van der Waals surface area contributed by atoms with E-state index in [4.69, 9.17) is 9.47 Å². The number of aliphatic carboxylic acids is 1. The van der Waals surface area contributed by atoms with Gasteiger partial charge in [0.2, 0.25) is 0 Å². The molecule has 0 bridgehead atoms. The van der Waals surface area contributed by atoms with E-state index in [1.54, 1.807) is 0 Å². The summed E-state index contributed by atoms with van der Waals surface area (Å²) in [5, 5.41) is 22.0. The minimum absolute atomic E-state index is 0.00351. The van der Waals surface area contributed by atoms with E-state index < -0.39 is 36.2 Å². The molecule has 35 heavy (non-hydrogen) atoms. The summed E-state index contributed by atoms with van der Waals surface area (Å²) >= 11 is 0. The molecule has 9 heteroatoms. The number of rotatable bonds is 6. The summed E-state index contributed by atoms with van der Waals surface area (Å²) < 4.78 is 11.2. The first-order valence-electron chi connectivity index (χ1n) is 11.9. The molecular formula is C26H28N2O7. The van der Waals surface area contributed by atoms with Crippen molar-refractivity contribution < 1.29 is 34.1 Å². The quantitative estimate of drug-likeness (QED) is 0.577. The number of nitrogens with one attached hydrogen (secondary N) is 1. The molecule has 184 valence electrons. The van der Waals surface area contributed by atoms with Crippen LogP contribution in [0.5, 0.6) is 0 Å². The molecule has 2 aliphatic heterocycles. The fourth-order valence-corrected chi connectivity index (χ4v) is 5.43. The van der Waals surface area contributed by atoms with E-state index in [0.717, 1.165) is 22.3 Å². The van der Waals surface area contributed by atoms with E-state index in [-0.39, 0.29) is 38.0 Å². The summed E-state index contributed by atoms with van der Waals surface area (Å²) in [6.45, 7) is 0.653. The molecule has 1 aliphatic carbocycles. The first-order chi connectivity index (χ1) is 16.9. The molecule has 0 unspecified atom stereocenters. The van der Waals surface area contributed by atoms with Crippen LogP contribution in [0.3, 0.4) is 0 Å². The molecule has 2 amide bonds. The lowest BCUT2D eigenvalue weighted by atomic mass is 9.98. The number of alkyl carbamates (subject to hydrolysis) is 1. The van der Waals surface area contributed by atoms with Gasteiger partial charge in [-0.15, -0.1) is 0 Å². The number of aliphatic hydroxyl groups is 1. The van der Waals surface area contributed by atoms with Gasteiger partial charge in [0, 0.05) is 38.0 Å². The maximum Gasteiger partial charge on any atom is 0.407 e. The van der Waals surface area contributed by atoms with Gasteiger partial charge in [-0.1, -0.05) is 48.5 Å². The highest BCUT2D eigenvalue weighted by Gasteiger charge is 2.45. The predicted molar refractivity (Wildman–Crippen MR) is 125 cm³/mol. The monoisotopic (exact) mass is 480 g/mol. The Morgan fingerprint density at radius 1 is 1.06 bits per heavy atom. The largest absolute Gasteiger partial charge is 0.480 e. The van der Waals surface area contributed by atoms with Crippen LogP contribution in [-0.4, -0.2) is 77.6 Å². The lowest BCUT2D eigenvalue weighted by molar-refractivity contribution is -0.153. The summed E-state index contributed by atoms with van der Waals surface area (Å²) in [6.07, 6.45) is -1.77. The first kappa shape index (κ1) is 23.3. The van der Waals surface area contributed by atoms with Crippen molar-refractivity contribution >= 4 is 18.0 Å². The van der Waals surface area contributed by atoms with Crippen LogP contribution < -0.4 is 5.32 Å². The molecule has 2 heterocycles. The number of carboxylic acid groups (broad SMARTS) is 1. The van der Waals surface area contributed by atoms with Crippen LogP contribution in [0.15, 0.2) is 48.5 Å². The van der Waals surface area contributed by atoms with Crippen molar-refractivity contribution in [2.24, 2.45) is 5.92 Å². The van der Waals surface area contributed by atoms with Crippen LogP contribution in [0.25, 0.3) is 11.1 Å². The standard InChI is InChI=1S/C26H28N2O7/c29-16-11-22(25(31)32)28(13-16)24(30)23-15(9-10-34-23)12-27-26(33)35-14-21-19-7-3-1-5-17(19)18-6-2-4-8-20(18)21/h1-8,15-16,21-23,29H,9-14H2,(H,27,33)(H,31,32)/t15-,16+,22+,23-/m1/s1. The predicted octanol–water partition coefficient (Wildman–Crippen LogP) is 1.98. The van der Waals surface area contributed by atoms with Crippen molar-refractivity contribution in [2.45, 2.75) is 37.0 Å². The van der Waals surface area contributed by atoms with Crippen molar-refractivity contribution in [2.75, 3.05) is 26.3 Å². The fourth-order valence-electron chi connectivity index (χ4n) is 5.43. The van der Waals surface area contributed by atoms with Crippen molar-refractivity contribution in [3.63, 3.8) is 0 Å². The zero-order valence-electron chi connectivity index (χ0n) is 19.1. The number of hydrogen-bond donors (Lipinski definition) is 3. The Hall–Kier alpha value is -3.43. The second-order valence-corrected chi connectivity index (χ2v) is 9.28.